The van der Waals surface area contributed by atoms with Crippen molar-refractivity contribution in [1.29, 1.82) is 0 Å². The average molecular weight is 300 g/mol. The van der Waals surface area contributed by atoms with Crippen molar-refractivity contribution in [3.63, 3.8) is 0 Å². The Morgan fingerprint density at radius 1 is 1.33 bits per heavy atom. The second-order valence-corrected chi connectivity index (χ2v) is 5.27. The summed E-state index contributed by atoms with van der Waals surface area (Å²) < 4.78 is 38.4. The molecule has 1 amide bonds. The zero-order valence-corrected chi connectivity index (χ0v) is 12.1. The van der Waals surface area contributed by atoms with Gasteiger partial charge in [-0.05, 0) is 37.5 Å². The van der Waals surface area contributed by atoms with Crippen LogP contribution in [0.3, 0.4) is 0 Å². The fraction of sp³-hybridized carbons (Fsp3) is 0.533. The number of nitrogens with one attached hydrogen (secondary N) is 2. The molecule has 0 aromatic heterocycles. The third kappa shape index (κ3) is 3.68. The molecule has 1 saturated carbocycles. The summed E-state index contributed by atoms with van der Waals surface area (Å²) in [6.07, 6.45) is -2.59. The van der Waals surface area contributed by atoms with E-state index in [0.717, 1.165) is 25.0 Å². The Labute approximate surface area is 121 Å². The van der Waals surface area contributed by atoms with Gasteiger partial charge in [-0.15, -0.1) is 0 Å². The molecule has 0 saturated heterocycles. The summed E-state index contributed by atoms with van der Waals surface area (Å²) in [5.74, 6) is 0.000308. The van der Waals surface area contributed by atoms with Crippen LogP contribution in [0.5, 0.6) is 0 Å². The van der Waals surface area contributed by atoms with Crippen LogP contribution in [0.25, 0.3) is 0 Å². The lowest BCUT2D eigenvalue weighted by Gasteiger charge is -2.14. The summed E-state index contributed by atoms with van der Waals surface area (Å²) in [7, 11) is 0. The van der Waals surface area contributed by atoms with E-state index in [1.807, 2.05) is 13.8 Å². The number of hydrogen-bond acceptors (Lipinski definition) is 2. The second-order valence-electron chi connectivity index (χ2n) is 5.27. The quantitative estimate of drug-likeness (QED) is 0.871. The summed E-state index contributed by atoms with van der Waals surface area (Å²) in [4.78, 5) is 12.2. The Balaban J connectivity index is 2.23. The standard InChI is InChI=1S/C15H19F3N2O/c1-3-9-7-13(9)20-14(21)11-8-10(15(16,17)18)5-6-12(11)19-4-2/h5-6,8-9,13,19H,3-4,7H2,1-2H3,(H,20,21). The van der Waals surface area contributed by atoms with Crippen molar-refractivity contribution in [3.8, 4) is 0 Å². The molecular formula is C15H19F3N2O. The van der Waals surface area contributed by atoms with Crippen LogP contribution in [0, 0.1) is 5.92 Å². The van der Waals surface area contributed by atoms with E-state index in [2.05, 4.69) is 10.6 Å². The Kier molecular flexibility index (Phi) is 4.44. The zero-order chi connectivity index (χ0) is 15.6. The highest BCUT2D eigenvalue weighted by atomic mass is 19.4. The second kappa shape index (κ2) is 5.95. The molecule has 1 aliphatic carbocycles. The maximum Gasteiger partial charge on any atom is 0.416 e. The Morgan fingerprint density at radius 3 is 2.57 bits per heavy atom. The van der Waals surface area contributed by atoms with Gasteiger partial charge < -0.3 is 10.6 Å². The van der Waals surface area contributed by atoms with Crippen molar-refractivity contribution >= 4 is 11.6 Å². The first-order valence-corrected chi connectivity index (χ1v) is 7.12. The first kappa shape index (κ1) is 15.7. The van der Waals surface area contributed by atoms with E-state index >= 15 is 0 Å². The minimum atomic E-state index is -4.45. The average Bonchev–Trinajstić information content (AvgIpc) is 3.16. The molecule has 6 heteroatoms. The van der Waals surface area contributed by atoms with Crippen LogP contribution in [-0.2, 0) is 6.18 Å². The summed E-state index contributed by atoms with van der Waals surface area (Å²) in [5.41, 5.74) is -0.331. The fourth-order valence-corrected chi connectivity index (χ4v) is 2.37. The Hall–Kier alpha value is -1.72. The molecule has 2 atom stereocenters. The number of anilines is 1. The van der Waals surface area contributed by atoms with Gasteiger partial charge in [0, 0.05) is 18.3 Å². The predicted molar refractivity (Wildman–Crippen MR) is 75.3 cm³/mol. The van der Waals surface area contributed by atoms with E-state index < -0.39 is 17.6 Å². The topological polar surface area (TPSA) is 41.1 Å². The van der Waals surface area contributed by atoms with Crippen molar-refractivity contribution < 1.29 is 18.0 Å². The fourth-order valence-electron chi connectivity index (χ4n) is 2.37. The van der Waals surface area contributed by atoms with E-state index in [-0.39, 0.29) is 11.6 Å². The molecule has 0 heterocycles. The van der Waals surface area contributed by atoms with Gasteiger partial charge in [0.2, 0.25) is 0 Å². The number of alkyl halides is 3. The van der Waals surface area contributed by atoms with Crippen LogP contribution in [0.2, 0.25) is 0 Å². The summed E-state index contributed by atoms with van der Waals surface area (Å²) in [6.45, 7) is 4.39. The van der Waals surface area contributed by atoms with Gasteiger partial charge in [-0.2, -0.15) is 13.2 Å². The zero-order valence-electron chi connectivity index (χ0n) is 12.1. The van der Waals surface area contributed by atoms with Crippen LogP contribution >= 0.6 is 0 Å². The van der Waals surface area contributed by atoms with E-state index in [1.165, 1.54) is 6.07 Å². The van der Waals surface area contributed by atoms with Gasteiger partial charge in [-0.3, -0.25) is 4.79 Å². The molecule has 1 aromatic rings. The van der Waals surface area contributed by atoms with Crippen LogP contribution in [0.15, 0.2) is 18.2 Å². The van der Waals surface area contributed by atoms with Crippen molar-refractivity contribution in [2.45, 2.75) is 38.9 Å². The van der Waals surface area contributed by atoms with Crippen LogP contribution in [0.1, 0.15) is 42.6 Å². The van der Waals surface area contributed by atoms with E-state index in [0.29, 0.717) is 18.2 Å². The molecule has 0 aliphatic heterocycles. The summed E-state index contributed by atoms with van der Waals surface area (Å²) in [5, 5.41) is 5.73. The number of amides is 1. The van der Waals surface area contributed by atoms with Crippen molar-refractivity contribution in [2.75, 3.05) is 11.9 Å². The number of benzene rings is 1. The highest BCUT2D eigenvalue weighted by Gasteiger charge is 2.37. The van der Waals surface area contributed by atoms with Gasteiger partial charge in [0.1, 0.15) is 0 Å². The first-order valence-electron chi connectivity index (χ1n) is 7.12. The van der Waals surface area contributed by atoms with E-state index in [9.17, 15) is 18.0 Å². The maximum atomic E-state index is 12.8. The molecule has 0 radical (unpaired) electrons. The molecule has 2 N–H and O–H groups in total. The van der Waals surface area contributed by atoms with Gasteiger partial charge >= 0.3 is 6.18 Å². The van der Waals surface area contributed by atoms with Crippen molar-refractivity contribution in [3.05, 3.63) is 29.3 Å². The molecule has 2 rings (SSSR count). The molecule has 0 spiro atoms. The largest absolute Gasteiger partial charge is 0.416 e. The van der Waals surface area contributed by atoms with Gasteiger partial charge in [-0.25, -0.2) is 0 Å². The molecule has 1 aromatic carbocycles. The summed E-state index contributed by atoms with van der Waals surface area (Å²) >= 11 is 0. The van der Waals surface area contributed by atoms with E-state index in [4.69, 9.17) is 0 Å². The van der Waals surface area contributed by atoms with Crippen molar-refractivity contribution in [1.82, 2.24) is 5.32 Å². The third-order valence-electron chi connectivity index (χ3n) is 3.72. The minimum absolute atomic E-state index is 0.0495. The molecular weight excluding hydrogens is 281 g/mol. The molecule has 3 nitrogen and oxygen atoms in total. The number of carbonyl (C=O) groups is 1. The minimum Gasteiger partial charge on any atom is -0.385 e. The highest BCUT2D eigenvalue weighted by molar-refractivity contribution is 6.00. The normalized spacial score (nSPS) is 21.0. The first-order chi connectivity index (χ1) is 9.86. The third-order valence-corrected chi connectivity index (χ3v) is 3.72. The van der Waals surface area contributed by atoms with Crippen molar-refractivity contribution in [2.24, 2.45) is 5.92 Å². The molecule has 116 valence electrons. The predicted octanol–water partition coefficient (Wildman–Crippen LogP) is 3.67. The monoisotopic (exact) mass is 300 g/mol. The van der Waals surface area contributed by atoms with Gasteiger partial charge in [0.25, 0.3) is 5.91 Å². The highest BCUT2D eigenvalue weighted by Crippen LogP contribution is 2.35. The maximum absolute atomic E-state index is 12.8. The lowest BCUT2D eigenvalue weighted by Crippen LogP contribution is -2.28. The number of halogens is 3. The van der Waals surface area contributed by atoms with Crippen LogP contribution < -0.4 is 10.6 Å². The lowest BCUT2D eigenvalue weighted by molar-refractivity contribution is -0.137. The van der Waals surface area contributed by atoms with Crippen LogP contribution in [0.4, 0.5) is 18.9 Å². The molecule has 1 aliphatic rings. The molecule has 2 unspecified atom stereocenters. The molecule has 21 heavy (non-hydrogen) atoms. The van der Waals surface area contributed by atoms with Gasteiger partial charge in [0.05, 0.1) is 11.1 Å². The van der Waals surface area contributed by atoms with Gasteiger partial charge in [0.15, 0.2) is 0 Å². The van der Waals surface area contributed by atoms with Gasteiger partial charge in [-0.1, -0.05) is 13.3 Å². The Morgan fingerprint density at radius 2 is 2.05 bits per heavy atom. The smallest absolute Gasteiger partial charge is 0.385 e. The Bertz CT molecular complexity index is 528. The van der Waals surface area contributed by atoms with Crippen LogP contribution in [-0.4, -0.2) is 18.5 Å². The number of carbonyl (C=O) groups excluding carboxylic acids is 1. The molecule has 0 bridgehead atoms. The summed E-state index contributed by atoms with van der Waals surface area (Å²) in [6, 6.07) is 3.30. The number of rotatable bonds is 5. The lowest BCUT2D eigenvalue weighted by atomic mass is 10.1. The SMILES string of the molecule is CCNc1ccc(C(F)(F)F)cc1C(=O)NC1CC1CC. The van der Waals surface area contributed by atoms with E-state index in [1.54, 1.807) is 0 Å². The molecule has 1 fully saturated rings. The number of hydrogen-bond donors (Lipinski definition) is 2.